The highest BCUT2D eigenvalue weighted by atomic mass is 16.5. The van der Waals surface area contributed by atoms with Crippen molar-refractivity contribution in [1.29, 1.82) is 0 Å². The van der Waals surface area contributed by atoms with Gasteiger partial charge in [0.2, 0.25) is 5.91 Å². The molecule has 0 radical (unpaired) electrons. The highest BCUT2D eigenvalue weighted by Gasteiger charge is 2.18. The molecule has 1 amide bonds. The molecule has 0 unspecified atom stereocenters. The summed E-state index contributed by atoms with van der Waals surface area (Å²) in [4.78, 5) is 40.0. The molecule has 8 heteroatoms. The topological polar surface area (TPSA) is 107 Å². The first-order chi connectivity index (χ1) is 14.4. The molecule has 1 aromatic heterocycles. The molecule has 0 fully saturated rings. The molecule has 3 rings (SSSR count). The molecule has 0 atom stereocenters. The lowest BCUT2D eigenvalue weighted by Gasteiger charge is -2.15. The number of carbonyl (C=O) groups is 3. The number of rotatable bonds is 6. The Labute approximate surface area is 173 Å². The molecular weight excluding hydrogens is 386 g/mol. The van der Waals surface area contributed by atoms with Gasteiger partial charge in [0.1, 0.15) is 5.56 Å². The van der Waals surface area contributed by atoms with Crippen molar-refractivity contribution in [3.8, 4) is 0 Å². The number of hydrogen-bond donors (Lipinski definition) is 2. The maximum atomic E-state index is 12.5. The Hall–Kier alpha value is -3.94. The highest BCUT2D eigenvalue weighted by molar-refractivity contribution is 6.07. The molecule has 30 heavy (non-hydrogen) atoms. The molecule has 8 nitrogen and oxygen atoms in total. The van der Waals surface area contributed by atoms with E-state index in [1.165, 1.54) is 20.2 Å². The second-order valence-electron chi connectivity index (χ2n) is 6.37. The number of carbonyl (C=O) groups excluding carboxylic acids is 3. The Morgan fingerprint density at radius 2 is 1.70 bits per heavy atom. The summed E-state index contributed by atoms with van der Waals surface area (Å²) >= 11 is 0. The number of esters is 2. The second kappa shape index (κ2) is 9.04. The van der Waals surface area contributed by atoms with E-state index in [0.717, 1.165) is 0 Å². The van der Waals surface area contributed by atoms with Crippen LogP contribution in [0.1, 0.15) is 34.6 Å². The molecule has 0 saturated heterocycles. The fourth-order valence-corrected chi connectivity index (χ4v) is 2.92. The number of aromatic nitrogens is 1. The summed E-state index contributed by atoms with van der Waals surface area (Å²) < 4.78 is 9.96. The number of ether oxygens (including phenoxy) is 2. The van der Waals surface area contributed by atoms with Crippen LogP contribution in [-0.4, -0.2) is 36.5 Å². The van der Waals surface area contributed by atoms with E-state index >= 15 is 0 Å². The van der Waals surface area contributed by atoms with Gasteiger partial charge in [0, 0.05) is 29.9 Å². The normalized spacial score (nSPS) is 10.4. The number of hydrogen-bond acceptors (Lipinski definition) is 7. The van der Waals surface area contributed by atoms with Gasteiger partial charge in [0.15, 0.2) is 0 Å². The average Bonchev–Trinajstić information content (AvgIpc) is 2.74. The average molecular weight is 407 g/mol. The van der Waals surface area contributed by atoms with E-state index < -0.39 is 11.9 Å². The van der Waals surface area contributed by atoms with Crippen LogP contribution in [0, 0.1) is 0 Å². The molecule has 0 bridgehead atoms. The number of benzene rings is 2. The Bertz CT molecular complexity index is 1110. The van der Waals surface area contributed by atoms with Crippen molar-refractivity contribution in [2.45, 2.75) is 13.8 Å². The molecule has 0 saturated carbocycles. The maximum absolute atomic E-state index is 12.5. The monoisotopic (exact) mass is 407 g/mol. The number of fused-ring (bicyclic) bond motifs is 1. The molecule has 154 valence electrons. The lowest BCUT2D eigenvalue weighted by molar-refractivity contribution is -0.114. The zero-order valence-corrected chi connectivity index (χ0v) is 16.8. The van der Waals surface area contributed by atoms with E-state index in [4.69, 9.17) is 9.47 Å². The first-order valence-corrected chi connectivity index (χ1v) is 9.25. The summed E-state index contributed by atoms with van der Waals surface area (Å²) in [5, 5.41) is 6.47. The number of nitrogens with one attached hydrogen (secondary N) is 2. The van der Waals surface area contributed by atoms with Crippen molar-refractivity contribution in [2.24, 2.45) is 0 Å². The summed E-state index contributed by atoms with van der Waals surface area (Å²) in [6.07, 6.45) is 1.44. The van der Waals surface area contributed by atoms with E-state index in [2.05, 4.69) is 15.6 Å². The van der Waals surface area contributed by atoms with Crippen LogP contribution in [0.2, 0.25) is 0 Å². The third-order valence-corrected chi connectivity index (χ3v) is 4.26. The Morgan fingerprint density at radius 3 is 2.33 bits per heavy atom. The van der Waals surface area contributed by atoms with E-state index in [0.29, 0.717) is 33.5 Å². The third-order valence-electron chi connectivity index (χ3n) is 4.26. The first kappa shape index (κ1) is 20.8. The van der Waals surface area contributed by atoms with E-state index in [-0.39, 0.29) is 18.1 Å². The number of anilines is 3. The van der Waals surface area contributed by atoms with Crippen LogP contribution in [-0.2, 0) is 14.3 Å². The molecule has 0 aliphatic carbocycles. The predicted molar refractivity (Wildman–Crippen MR) is 113 cm³/mol. The zero-order valence-electron chi connectivity index (χ0n) is 16.8. The van der Waals surface area contributed by atoms with E-state index in [9.17, 15) is 14.4 Å². The molecule has 0 spiro atoms. The van der Waals surface area contributed by atoms with Crippen LogP contribution in [0.4, 0.5) is 17.1 Å². The lowest BCUT2D eigenvalue weighted by atomic mass is 10.1. The van der Waals surface area contributed by atoms with Crippen LogP contribution in [0.5, 0.6) is 0 Å². The summed E-state index contributed by atoms with van der Waals surface area (Å²) in [5.74, 6) is -1.20. The number of nitrogens with zero attached hydrogens (tertiary/aromatic N) is 1. The highest BCUT2D eigenvalue weighted by Crippen LogP contribution is 2.31. The number of methoxy groups -OCH3 is 1. The Morgan fingerprint density at radius 1 is 1.00 bits per heavy atom. The summed E-state index contributed by atoms with van der Waals surface area (Å²) in [6, 6.07) is 11.9. The van der Waals surface area contributed by atoms with Gasteiger partial charge in [-0.3, -0.25) is 9.78 Å². The number of amides is 1. The number of pyridine rings is 1. The second-order valence-corrected chi connectivity index (χ2v) is 6.37. The van der Waals surface area contributed by atoms with Crippen molar-refractivity contribution < 1.29 is 23.9 Å². The fourth-order valence-electron chi connectivity index (χ4n) is 2.92. The minimum Gasteiger partial charge on any atom is -0.465 e. The minimum absolute atomic E-state index is 0.171. The van der Waals surface area contributed by atoms with Crippen molar-refractivity contribution in [3.63, 3.8) is 0 Å². The van der Waals surface area contributed by atoms with Gasteiger partial charge in [-0.2, -0.15) is 0 Å². The maximum Gasteiger partial charge on any atom is 0.341 e. The van der Waals surface area contributed by atoms with Gasteiger partial charge in [0.05, 0.1) is 30.5 Å². The van der Waals surface area contributed by atoms with Gasteiger partial charge in [-0.1, -0.05) is 0 Å². The van der Waals surface area contributed by atoms with Gasteiger partial charge in [-0.15, -0.1) is 0 Å². The molecule has 0 aliphatic heterocycles. The summed E-state index contributed by atoms with van der Waals surface area (Å²) in [7, 11) is 1.30. The van der Waals surface area contributed by atoms with Crippen molar-refractivity contribution in [2.75, 3.05) is 24.4 Å². The van der Waals surface area contributed by atoms with E-state index in [1.54, 1.807) is 49.4 Å². The smallest absolute Gasteiger partial charge is 0.341 e. The van der Waals surface area contributed by atoms with Gasteiger partial charge < -0.3 is 20.1 Å². The van der Waals surface area contributed by atoms with E-state index in [1.807, 2.05) is 0 Å². The molecule has 3 aromatic rings. The van der Waals surface area contributed by atoms with Crippen LogP contribution >= 0.6 is 0 Å². The van der Waals surface area contributed by atoms with Gasteiger partial charge in [-0.25, -0.2) is 9.59 Å². The zero-order chi connectivity index (χ0) is 21.7. The van der Waals surface area contributed by atoms with Crippen LogP contribution in [0.3, 0.4) is 0 Å². The first-order valence-electron chi connectivity index (χ1n) is 9.25. The third kappa shape index (κ3) is 4.54. The van der Waals surface area contributed by atoms with Crippen molar-refractivity contribution in [3.05, 3.63) is 59.8 Å². The minimum atomic E-state index is -0.535. The summed E-state index contributed by atoms with van der Waals surface area (Å²) in [5.41, 5.74) is 2.93. The standard InChI is InChI=1S/C22H21N3O5/c1-4-30-22(28)18-12-23-19-10-5-14(21(27)29-3)11-17(19)20(18)25-16-8-6-15(7-9-16)24-13(2)26/h5-12H,4H2,1-3H3,(H,23,25)(H,24,26). The van der Waals surface area contributed by atoms with Crippen LogP contribution in [0.15, 0.2) is 48.7 Å². The van der Waals surface area contributed by atoms with Crippen molar-refractivity contribution in [1.82, 2.24) is 4.98 Å². The van der Waals surface area contributed by atoms with Crippen LogP contribution in [0.25, 0.3) is 10.9 Å². The quantitative estimate of drug-likeness (QED) is 0.597. The fraction of sp³-hybridized carbons (Fsp3) is 0.182. The van der Waals surface area contributed by atoms with Gasteiger partial charge in [0.25, 0.3) is 0 Å². The van der Waals surface area contributed by atoms with Gasteiger partial charge in [-0.05, 0) is 49.4 Å². The predicted octanol–water partition coefficient (Wildman–Crippen LogP) is 3.90. The molecule has 0 aliphatic rings. The Balaban J connectivity index is 2.10. The molecule has 2 N–H and O–H groups in total. The molecule has 1 heterocycles. The van der Waals surface area contributed by atoms with Gasteiger partial charge >= 0.3 is 11.9 Å². The van der Waals surface area contributed by atoms with Crippen LogP contribution < -0.4 is 10.6 Å². The lowest BCUT2D eigenvalue weighted by Crippen LogP contribution is -2.10. The Kier molecular flexibility index (Phi) is 6.26. The largest absolute Gasteiger partial charge is 0.465 e. The summed E-state index contributed by atoms with van der Waals surface area (Å²) in [6.45, 7) is 3.36. The van der Waals surface area contributed by atoms with Crippen molar-refractivity contribution >= 4 is 45.8 Å². The molecular formula is C22H21N3O5. The molecule has 2 aromatic carbocycles. The SMILES string of the molecule is CCOC(=O)c1cnc2ccc(C(=O)OC)cc2c1Nc1ccc(NC(C)=O)cc1.